The van der Waals surface area contributed by atoms with Crippen LogP contribution in [0.4, 0.5) is 0 Å². The van der Waals surface area contributed by atoms with E-state index in [1.165, 1.54) is 10.9 Å². The van der Waals surface area contributed by atoms with Crippen molar-refractivity contribution >= 4 is 22.5 Å². The summed E-state index contributed by atoms with van der Waals surface area (Å²) in [6, 6.07) is 10.3. The third-order valence-electron chi connectivity index (χ3n) is 3.20. The minimum absolute atomic E-state index is 0.518. The second-order valence-electron chi connectivity index (χ2n) is 4.25. The molecular formula is C13H13ClN2. The van der Waals surface area contributed by atoms with Gasteiger partial charge in [0, 0.05) is 17.8 Å². The zero-order valence-corrected chi connectivity index (χ0v) is 9.67. The molecule has 0 aliphatic carbocycles. The number of para-hydroxylation sites is 1. The molecule has 0 saturated carbocycles. The van der Waals surface area contributed by atoms with E-state index in [0.717, 1.165) is 25.0 Å². The van der Waals surface area contributed by atoms with Crippen LogP contribution in [0.1, 0.15) is 17.9 Å². The first-order valence-electron chi connectivity index (χ1n) is 5.60. The molecule has 0 radical (unpaired) electrons. The van der Waals surface area contributed by atoms with E-state index >= 15 is 0 Å². The fourth-order valence-electron chi connectivity index (χ4n) is 2.32. The molecule has 0 bridgehead atoms. The molecule has 1 aliphatic rings. The lowest BCUT2D eigenvalue weighted by atomic mass is 9.99. The monoisotopic (exact) mass is 232 g/mol. The Morgan fingerprint density at radius 3 is 3.00 bits per heavy atom. The standard InChI is InChI=1S/C13H13ClN2/c14-13-11(10-5-6-15-8-10)7-9-3-1-2-4-12(9)16-13/h1-4,7,10,15H,5-6,8H2. The summed E-state index contributed by atoms with van der Waals surface area (Å²) in [5.74, 6) is 0.518. The van der Waals surface area contributed by atoms with Crippen molar-refractivity contribution in [2.24, 2.45) is 0 Å². The highest BCUT2D eigenvalue weighted by molar-refractivity contribution is 6.30. The summed E-state index contributed by atoms with van der Waals surface area (Å²) in [6.45, 7) is 2.09. The van der Waals surface area contributed by atoms with Crippen LogP contribution in [0.2, 0.25) is 5.15 Å². The van der Waals surface area contributed by atoms with E-state index in [1.54, 1.807) is 0 Å². The number of halogens is 1. The summed E-state index contributed by atoms with van der Waals surface area (Å²) in [5.41, 5.74) is 2.16. The zero-order valence-electron chi connectivity index (χ0n) is 8.91. The molecule has 0 amide bonds. The maximum atomic E-state index is 6.24. The number of pyridine rings is 1. The van der Waals surface area contributed by atoms with Crippen molar-refractivity contribution in [2.45, 2.75) is 12.3 Å². The highest BCUT2D eigenvalue weighted by Crippen LogP contribution is 2.30. The molecule has 1 aromatic heterocycles. The highest BCUT2D eigenvalue weighted by atomic mass is 35.5. The van der Waals surface area contributed by atoms with Crippen molar-refractivity contribution < 1.29 is 0 Å². The lowest BCUT2D eigenvalue weighted by molar-refractivity contribution is 0.761. The average Bonchev–Trinajstić information content (AvgIpc) is 2.81. The zero-order chi connectivity index (χ0) is 11.0. The quantitative estimate of drug-likeness (QED) is 0.765. The number of fused-ring (bicyclic) bond motifs is 1. The topological polar surface area (TPSA) is 24.9 Å². The van der Waals surface area contributed by atoms with Crippen molar-refractivity contribution in [1.82, 2.24) is 10.3 Å². The summed E-state index contributed by atoms with van der Waals surface area (Å²) in [6.07, 6.45) is 1.15. The van der Waals surface area contributed by atoms with Gasteiger partial charge in [0.05, 0.1) is 5.52 Å². The summed E-state index contributed by atoms with van der Waals surface area (Å²) in [5, 5.41) is 5.19. The molecule has 0 spiro atoms. The molecule has 2 heterocycles. The van der Waals surface area contributed by atoms with Gasteiger partial charge in [-0.25, -0.2) is 4.98 Å². The maximum absolute atomic E-state index is 6.24. The maximum Gasteiger partial charge on any atom is 0.133 e. The minimum Gasteiger partial charge on any atom is -0.316 e. The summed E-state index contributed by atoms with van der Waals surface area (Å²) < 4.78 is 0. The lowest BCUT2D eigenvalue weighted by Crippen LogP contribution is -2.08. The molecule has 2 nitrogen and oxygen atoms in total. The summed E-state index contributed by atoms with van der Waals surface area (Å²) in [4.78, 5) is 4.46. The van der Waals surface area contributed by atoms with Crippen molar-refractivity contribution in [1.29, 1.82) is 0 Å². The van der Waals surface area contributed by atoms with Crippen molar-refractivity contribution in [3.05, 3.63) is 41.0 Å². The van der Waals surface area contributed by atoms with Crippen molar-refractivity contribution in [3.8, 4) is 0 Å². The average molecular weight is 233 g/mol. The van der Waals surface area contributed by atoms with E-state index in [2.05, 4.69) is 22.4 Å². The van der Waals surface area contributed by atoms with Gasteiger partial charge in [0.25, 0.3) is 0 Å². The molecule has 1 aromatic carbocycles. The Morgan fingerprint density at radius 1 is 1.31 bits per heavy atom. The van der Waals surface area contributed by atoms with Gasteiger partial charge in [0.1, 0.15) is 5.15 Å². The number of benzene rings is 1. The molecule has 1 N–H and O–H groups in total. The van der Waals surface area contributed by atoms with Gasteiger partial charge >= 0.3 is 0 Å². The minimum atomic E-state index is 0.518. The Hall–Kier alpha value is -1.12. The second kappa shape index (κ2) is 4.04. The van der Waals surface area contributed by atoms with Crippen molar-refractivity contribution in [2.75, 3.05) is 13.1 Å². The van der Waals surface area contributed by atoms with Crippen LogP contribution in [-0.4, -0.2) is 18.1 Å². The molecule has 1 saturated heterocycles. The number of nitrogens with zero attached hydrogens (tertiary/aromatic N) is 1. The fraction of sp³-hybridized carbons (Fsp3) is 0.308. The Labute approximate surface area is 99.6 Å². The van der Waals surface area contributed by atoms with E-state index in [4.69, 9.17) is 11.6 Å². The van der Waals surface area contributed by atoms with Gasteiger partial charge < -0.3 is 5.32 Å². The van der Waals surface area contributed by atoms with Crippen LogP contribution in [0, 0.1) is 0 Å². The summed E-state index contributed by atoms with van der Waals surface area (Å²) >= 11 is 6.24. The van der Waals surface area contributed by atoms with E-state index in [-0.39, 0.29) is 0 Å². The van der Waals surface area contributed by atoms with E-state index < -0.39 is 0 Å². The third-order valence-corrected chi connectivity index (χ3v) is 3.51. The van der Waals surface area contributed by atoms with Gasteiger partial charge in [-0.05, 0) is 30.7 Å². The van der Waals surface area contributed by atoms with Gasteiger partial charge in [-0.15, -0.1) is 0 Å². The Balaban J connectivity index is 2.13. The van der Waals surface area contributed by atoms with Gasteiger partial charge in [-0.1, -0.05) is 29.8 Å². The van der Waals surface area contributed by atoms with Crippen LogP contribution in [0.15, 0.2) is 30.3 Å². The molecule has 1 unspecified atom stereocenters. The Morgan fingerprint density at radius 2 is 2.19 bits per heavy atom. The van der Waals surface area contributed by atoms with Crippen LogP contribution < -0.4 is 5.32 Å². The smallest absolute Gasteiger partial charge is 0.133 e. The lowest BCUT2D eigenvalue weighted by Gasteiger charge is -2.11. The van der Waals surface area contributed by atoms with Crippen LogP contribution in [0.3, 0.4) is 0 Å². The molecular weight excluding hydrogens is 220 g/mol. The Kier molecular flexibility index (Phi) is 2.54. The number of rotatable bonds is 1. The van der Waals surface area contributed by atoms with Crippen LogP contribution >= 0.6 is 11.6 Å². The van der Waals surface area contributed by atoms with Gasteiger partial charge in [-0.2, -0.15) is 0 Å². The molecule has 3 rings (SSSR count). The SMILES string of the molecule is Clc1nc2ccccc2cc1C1CCNC1. The highest BCUT2D eigenvalue weighted by Gasteiger charge is 2.20. The first-order valence-corrected chi connectivity index (χ1v) is 5.98. The summed E-state index contributed by atoms with van der Waals surface area (Å²) in [7, 11) is 0. The third kappa shape index (κ3) is 1.68. The fourth-order valence-corrected chi connectivity index (χ4v) is 2.62. The van der Waals surface area contributed by atoms with E-state index in [9.17, 15) is 0 Å². The predicted octanol–water partition coefficient (Wildman–Crippen LogP) is 2.97. The van der Waals surface area contributed by atoms with Crippen LogP contribution in [0.5, 0.6) is 0 Å². The first-order chi connectivity index (χ1) is 7.84. The van der Waals surface area contributed by atoms with Crippen LogP contribution in [0.25, 0.3) is 10.9 Å². The predicted molar refractivity (Wildman–Crippen MR) is 67.0 cm³/mol. The molecule has 82 valence electrons. The molecule has 1 atom stereocenters. The van der Waals surface area contributed by atoms with Gasteiger partial charge in [0.2, 0.25) is 0 Å². The first kappa shape index (κ1) is 10.1. The largest absolute Gasteiger partial charge is 0.316 e. The van der Waals surface area contributed by atoms with E-state index in [0.29, 0.717) is 11.1 Å². The molecule has 3 heteroatoms. The van der Waals surface area contributed by atoms with Crippen LogP contribution in [-0.2, 0) is 0 Å². The number of nitrogens with one attached hydrogen (secondary N) is 1. The molecule has 1 aliphatic heterocycles. The molecule has 16 heavy (non-hydrogen) atoms. The van der Waals surface area contributed by atoms with Gasteiger partial charge in [0.15, 0.2) is 0 Å². The number of hydrogen-bond acceptors (Lipinski definition) is 2. The van der Waals surface area contributed by atoms with E-state index in [1.807, 2.05) is 18.2 Å². The number of hydrogen-bond donors (Lipinski definition) is 1. The Bertz CT molecular complexity index is 518. The molecule has 1 fully saturated rings. The van der Waals surface area contributed by atoms with Gasteiger partial charge in [-0.3, -0.25) is 0 Å². The van der Waals surface area contributed by atoms with Crippen molar-refractivity contribution in [3.63, 3.8) is 0 Å². The normalized spacial score (nSPS) is 20.4. The number of aromatic nitrogens is 1. The molecule has 2 aromatic rings. The second-order valence-corrected chi connectivity index (χ2v) is 4.61.